The van der Waals surface area contributed by atoms with Gasteiger partial charge in [-0.3, -0.25) is 9.20 Å². The Morgan fingerprint density at radius 2 is 2.03 bits per heavy atom. The van der Waals surface area contributed by atoms with Crippen molar-refractivity contribution >= 4 is 33.5 Å². The molecule has 168 valence electrons. The number of benzene rings is 1. The molecule has 2 atom stereocenters. The second-order valence-corrected chi connectivity index (χ2v) is 9.00. The van der Waals surface area contributed by atoms with Crippen LogP contribution in [0, 0.1) is 0 Å². The molecule has 0 spiro atoms. The van der Waals surface area contributed by atoms with Crippen LogP contribution in [0.25, 0.3) is 38.8 Å². The summed E-state index contributed by atoms with van der Waals surface area (Å²) in [4.78, 5) is 24.5. The molecule has 0 aliphatic heterocycles. The lowest BCUT2D eigenvalue weighted by atomic mass is 10.1. The third-order valence-electron chi connectivity index (χ3n) is 6.85. The first kappa shape index (κ1) is 19.8. The number of H-pyrrole nitrogens is 1. The van der Waals surface area contributed by atoms with E-state index >= 15 is 0 Å². The monoisotopic (exact) mass is 442 g/mol. The van der Waals surface area contributed by atoms with Crippen LogP contribution in [0.3, 0.4) is 0 Å². The van der Waals surface area contributed by atoms with Crippen LogP contribution >= 0.6 is 0 Å². The van der Waals surface area contributed by atoms with E-state index in [1.54, 1.807) is 14.0 Å². The first-order valence-electron chi connectivity index (χ1n) is 11.3. The Kier molecular flexibility index (Phi) is 4.43. The second kappa shape index (κ2) is 7.37. The van der Waals surface area contributed by atoms with E-state index in [9.17, 15) is 4.79 Å². The number of carbonyl (C=O) groups is 1. The molecule has 0 unspecified atom stereocenters. The lowest BCUT2D eigenvalue weighted by Crippen LogP contribution is -2.30. The number of nitrogens with one attached hydrogen (secondary N) is 2. The molecule has 1 amide bonds. The number of imidazole rings is 1. The van der Waals surface area contributed by atoms with Gasteiger partial charge in [0.2, 0.25) is 5.91 Å². The van der Waals surface area contributed by atoms with Crippen LogP contribution in [-0.2, 0) is 11.8 Å². The van der Waals surface area contributed by atoms with E-state index in [2.05, 4.69) is 55.7 Å². The van der Waals surface area contributed by atoms with Crippen molar-refractivity contribution in [3.8, 4) is 17.0 Å². The van der Waals surface area contributed by atoms with Crippen molar-refractivity contribution in [3.05, 3.63) is 48.7 Å². The van der Waals surface area contributed by atoms with Crippen molar-refractivity contribution in [2.75, 3.05) is 7.11 Å². The van der Waals surface area contributed by atoms with Crippen LogP contribution in [0.5, 0.6) is 5.75 Å². The Labute approximate surface area is 190 Å². The fourth-order valence-electron chi connectivity index (χ4n) is 5.35. The summed E-state index contributed by atoms with van der Waals surface area (Å²) < 4.78 is 9.81. The number of aromatic amines is 1. The molecule has 0 saturated heterocycles. The zero-order valence-corrected chi connectivity index (χ0v) is 18.9. The number of amides is 1. The van der Waals surface area contributed by atoms with E-state index in [0.29, 0.717) is 5.92 Å². The zero-order valence-electron chi connectivity index (χ0n) is 18.9. The number of hydrogen-bond donors (Lipinski definition) is 2. The van der Waals surface area contributed by atoms with Gasteiger partial charge in [0.15, 0.2) is 5.65 Å². The number of hydrogen-bond acceptors (Lipinski definition) is 4. The number of carbonyl (C=O) groups excluding carboxylic acids is 1. The van der Waals surface area contributed by atoms with Gasteiger partial charge in [-0.15, -0.1) is 0 Å². The van der Waals surface area contributed by atoms with E-state index in [-0.39, 0.29) is 11.9 Å². The predicted octanol–water partition coefficient (Wildman–Crippen LogP) is 4.15. The quantitative estimate of drug-likeness (QED) is 0.438. The summed E-state index contributed by atoms with van der Waals surface area (Å²) in [5.74, 6) is 2.20. The molecule has 8 heteroatoms. The molecule has 2 N–H and O–H groups in total. The third-order valence-corrected chi connectivity index (χ3v) is 6.85. The first-order valence-corrected chi connectivity index (χ1v) is 11.3. The molecule has 8 nitrogen and oxygen atoms in total. The van der Waals surface area contributed by atoms with Crippen molar-refractivity contribution in [3.63, 3.8) is 0 Å². The van der Waals surface area contributed by atoms with Crippen LogP contribution in [0.2, 0.25) is 0 Å². The number of nitrogens with zero attached hydrogens (tertiary/aromatic N) is 4. The van der Waals surface area contributed by atoms with Gasteiger partial charge in [-0.2, -0.15) is 0 Å². The molecule has 0 bridgehead atoms. The maximum absolute atomic E-state index is 11.5. The van der Waals surface area contributed by atoms with E-state index < -0.39 is 0 Å². The normalized spacial score (nSPS) is 18.5. The van der Waals surface area contributed by atoms with Crippen molar-refractivity contribution < 1.29 is 9.53 Å². The number of aromatic nitrogens is 5. The van der Waals surface area contributed by atoms with Crippen LogP contribution < -0.4 is 10.1 Å². The van der Waals surface area contributed by atoms with Gasteiger partial charge in [0, 0.05) is 48.6 Å². The van der Waals surface area contributed by atoms with Gasteiger partial charge in [-0.05, 0) is 43.5 Å². The van der Waals surface area contributed by atoms with Gasteiger partial charge < -0.3 is 19.6 Å². The maximum Gasteiger partial charge on any atom is 0.217 e. The lowest BCUT2D eigenvalue weighted by Gasteiger charge is -2.12. The number of aryl methyl sites for hydroxylation is 1. The van der Waals surface area contributed by atoms with Crippen molar-refractivity contribution in [1.29, 1.82) is 0 Å². The summed E-state index contributed by atoms with van der Waals surface area (Å²) >= 11 is 0. The highest BCUT2D eigenvalue weighted by atomic mass is 16.5. The van der Waals surface area contributed by atoms with Gasteiger partial charge in [-0.1, -0.05) is 0 Å². The topological polar surface area (TPSA) is 89.2 Å². The lowest BCUT2D eigenvalue weighted by molar-refractivity contribution is -0.119. The maximum atomic E-state index is 11.5. The fraction of sp³-hybridized carbons (Fsp3) is 0.320. The summed E-state index contributed by atoms with van der Waals surface area (Å²) in [7, 11) is 3.74. The van der Waals surface area contributed by atoms with E-state index in [4.69, 9.17) is 9.72 Å². The number of fused-ring (bicyclic) bond motifs is 4. The zero-order chi connectivity index (χ0) is 22.7. The fourth-order valence-corrected chi connectivity index (χ4v) is 5.35. The first-order chi connectivity index (χ1) is 16.0. The molecule has 4 aromatic heterocycles. The second-order valence-electron chi connectivity index (χ2n) is 9.00. The van der Waals surface area contributed by atoms with E-state index in [0.717, 1.165) is 69.7 Å². The van der Waals surface area contributed by atoms with Crippen LogP contribution in [-0.4, -0.2) is 43.0 Å². The molecule has 5 aromatic rings. The third kappa shape index (κ3) is 3.16. The smallest absolute Gasteiger partial charge is 0.217 e. The van der Waals surface area contributed by atoms with Crippen LogP contribution in [0.1, 0.15) is 37.9 Å². The van der Waals surface area contributed by atoms with Gasteiger partial charge in [0.05, 0.1) is 36.2 Å². The Hall–Kier alpha value is -3.81. The number of ether oxygens (including phenoxy) is 1. The van der Waals surface area contributed by atoms with E-state index in [1.165, 1.54) is 0 Å². The Bertz CT molecular complexity index is 1520. The van der Waals surface area contributed by atoms with Crippen molar-refractivity contribution in [2.24, 2.45) is 7.05 Å². The van der Waals surface area contributed by atoms with Crippen LogP contribution in [0.4, 0.5) is 0 Å². The largest absolute Gasteiger partial charge is 0.497 e. The highest BCUT2D eigenvalue weighted by Crippen LogP contribution is 2.37. The molecular weight excluding hydrogens is 416 g/mol. The molecule has 1 aliphatic carbocycles. The number of methoxy groups -OCH3 is 1. The molecule has 33 heavy (non-hydrogen) atoms. The van der Waals surface area contributed by atoms with Crippen molar-refractivity contribution in [1.82, 2.24) is 29.2 Å². The minimum atomic E-state index is 0.0298. The van der Waals surface area contributed by atoms with Gasteiger partial charge in [-0.25, -0.2) is 9.97 Å². The summed E-state index contributed by atoms with van der Waals surface area (Å²) in [6.07, 6.45) is 8.78. The Morgan fingerprint density at radius 1 is 1.18 bits per heavy atom. The Morgan fingerprint density at radius 3 is 2.85 bits per heavy atom. The minimum Gasteiger partial charge on any atom is -0.497 e. The molecular formula is C25H26N6O2. The summed E-state index contributed by atoms with van der Waals surface area (Å²) in [5, 5.41) is 4.19. The summed E-state index contributed by atoms with van der Waals surface area (Å²) in [6.45, 7) is 1.58. The van der Waals surface area contributed by atoms with Gasteiger partial charge >= 0.3 is 0 Å². The molecule has 1 saturated carbocycles. The average molecular weight is 443 g/mol. The molecule has 1 aromatic carbocycles. The summed E-state index contributed by atoms with van der Waals surface area (Å²) in [5.41, 5.74) is 6.06. The highest BCUT2D eigenvalue weighted by Gasteiger charge is 2.30. The van der Waals surface area contributed by atoms with E-state index in [1.807, 2.05) is 18.5 Å². The average Bonchev–Trinajstić information content (AvgIpc) is 3.56. The molecule has 4 heterocycles. The highest BCUT2D eigenvalue weighted by molar-refractivity contribution is 5.98. The van der Waals surface area contributed by atoms with Gasteiger partial charge in [0.25, 0.3) is 0 Å². The standard InChI is InChI=1S/C25H26N6O2/c1-14(32)28-16-5-4-15(8-16)25-27-12-17-11-26-24-23(31(17)25)10-21(29-24)20-13-30(2)22-7-6-18(33-3)9-19(20)22/h6-7,9-13,15-16,29H,4-5,8H2,1-3H3,(H,28,32)/t15-,16+/m1/s1. The molecule has 0 radical (unpaired) electrons. The Balaban J connectivity index is 1.47. The van der Waals surface area contributed by atoms with Crippen molar-refractivity contribution in [2.45, 2.75) is 38.1 Å². The molecule has 1 aliphatic rings. The van der Waals surface area contributed by atoms with Crippen LogP contribution in [0.15, 0.2) is 42.9 Å². The molecule has 6 rings (SSSR count). The van der Waals surface area contributed by atoms with Gasteiger partial charge in [0.1, 0.15) is 11.6 Å². The SMILES string of the molecule is COc1ccc2c(c1)c(-c1cc3c(ncc4cnc([C@@H]5CC[C@H](NC(C)=O)C5)n43)[nH]1)cn2C. The number of rotatable bonds is 4. The molecule has 1 fully saturated rings. The minimum absolute atomic E-state index is 0.0298. The summed E-state index contributed by atoms with van der Waals surface area (Å²) in [6, 6.07) is 8.51. The predicted molar refractivity (Wildman–Crippen MR) is 128 cm³/mol.